The van der Waals surface area contributed by atoms with Crippen molar-refractivity contribution in [3.63, 3.8) is 0 Å². The summed E-state index contributed by atoms with van der Waals surface area (Å²) in [6, 6.07) is 9.04. The van der Waals surface area contributed by atoms with E-state index in [0.29, 0.717) is 54.3 Å². The van der Waals surface area contributed by atoms with E-state index < -0.39 is 5.60 Å². The Morgan fingerprint density at radius 3 is 2.38 bits per heavy atom. The normalized spacial score (nSPS) is 16.6. The van der Waals surface area contributed by atoms with Crippen LogP contribution in [0.4, 0.5) is 0 Å². The second kappa shape index (κ2) is 9.49. The van der Waals surface area contributed by atoms with Crippen LogP contribution in [0.25, 0.3) is 0 Å². The van der Waals surface area contributed by atoms with Crippen molar-refractivity contribution in [3.8, 4) is 17.2 Å². The minimum absolute atomic E-state index is 0.000896. The molecule has 0 atom stereocenters. The number of aryl methyl sites for hydroxylation is 2. The first-order chi connectivity index (χ1) is 16.3. The van der Waals surface area contributed by atoms with Crippen molar-refractivity contribution >= 4 is 17.5 Å². The number of carbonyl (C=O) groups excluding carboxylic acids is 3. The number of hydrogen-bond donors (Lipinski definition) is 0. The number of likely N-dealkylation sites (tertiary alicyclic amines) is 1. The van der Waals surface area contributed by atoms with Gasteiger partial charge in [-0.05, 0) is 43.2 Å². The molecular formula is C27H31NO6. The number of fused-ring (bicyclic) bond motifs is 1. The number of methoxy groups -OCH3 is 2. The van der Waals surface area contributed by atoms with Crippen molar-refractivity contribution in [2.24, 2.45) is 0 Å². The van der Waals surface area contributed by atoms with Crippen molar-refractivity contribution in [2.75, 3.05) is 27.3 Å². The number of ether oxygens (including phenoxy) is 3. The lowest BCUT2D eigenvalue weighted by Crippen LogP contribution is -2.52. The summed E-state index contributed by atoms with van der Waals surface area (Å²) in [7, 11) is 3.06. The molecule has 0 aromatic heterocycles. The van der Waals surface area contributed by atoms with Gasteiger partial charge in [0.25, 0.3) is 0 Å². The molecule has 4 rings (SSSR count). The van der Waals surface area contributed by atoms with Gasteiger partial charge >= 0.3 is 0 Å². The van der Waals surface area contributed by atoms with E-state index in [1.807, 2.05) is 32.0 Å². The van der Waals surface area contributed by atoms with Crippen LogP contribution in [0.2, 0.25) is 0 Å². The van der Waals surface area contributed by atoms with Gasteiger partial charge < -0.3 is 19.1 Å². The summed E-state index contributed by atoms with van der Waals surface area (Å²) in [5.41, 5.74) is 2.67. The van der Waals surface area contributed by atoms with Crippen LogP contribution in [0, 0.1) is 13.8 Å². The molecule has 2 heterocycles. The number of amides is 1. The Bertz CT molecular complexity index is 1130. The number of piperidine rings is 1. The molecule has 0 unspecified atom stereocenters. The third-order valence-corrected chi connectivity index (χ3v) is 7.02. The lowest BCUT2D eigenvalue weighted by molar-refractivity contribution is -0.134. The van der Waals surface area contributed by atoms with Crippen molar-refractivity contribution in [2.45, 2.75) is 51.6 Å². The number of nitrogens with zero attached hydrogens (tertiary/aromatic N) is 1. The van der Waals surface area contributed by atoms with Crippen LogP contribution in [0.1, 0.15) is 63.9 Å². The van der Waals surface area contributed by atoms with E-state index in [1.54, 1.807) is 24.1 Å². The van der Waals surface area contributed by atoms with Gasteiger partial charge in [0.05, 0.1) is 26.2 Å². The number of Topliss-reactive ketones (excluding diaryl/α,β-unsaturated/α-hetero) is 2. The maximum atomic E-state index is 12.9. The summed E-state index contributed by atoms with van der Waals surface area (Å²) in [6.45, 7) is 4.94. The number of ketones is 2. The highest BCUT2D eigenvalue weighted by Crippen LogP contribution is 2.47. The number of rotatable bonds is 6. The van der Waals surface area contributed by atoms with Gasteiger partial charge in [-0.3, -0.25) is 14.4 Å². The molecular weight excluding hydrogens is 434 g/mol. The molecule has 1 amide bonds. The van der Waals surface area contributed by atoms with Crippen molar-refractivity contribution in [3.05, 3.63) is 52.6 Å². The Labute approximate surface area is 200 Å². The van der Waals surface area contributed by atoms with E-state index >= 15 is 0 Å². The minimum atomic E-state index is -0.671. The van der Waals surface area contributed by atoms with Gasteiger partial charge in [-0.25, -0.2) is 0 Å². The monoisotopic (exact) mass is 465 g/mol. The summed E-state index contributed by atoms with van der Waals surface area (Å²) in [5.74, 6) is 1.26. The molecule has 0 radical (unpaired) electrons. The largest absolute Gasteiger partial charge is 0.493 e. The van der Waals surface area contributed by atoms with Gasteiger partial charge in [0.1, 0.15) is 5.60 Å². The van der Waals surface area contributed by atoms with Gasteiger partial charge in [-0.15, -0.1) is 0 Å². The Morgan fingerprint density at radius 1 is 1.00 bits per heavy atom. The van der Waals surface area contributed by atoms with Crippen LogP contribution in [-0.2, 0) is 4.79 Å². The van der Waals surface area contributed by atoms with Crippen LogP contribution in [0.3, 0.4) is 0 Å². The van der Waals surface area contributed by atoms with Gasteiger partial charge in [0.15, 0.2) is 23.1 Å². The fourth-order valence-electron chi connectivity index (χ4n) is 4.74. The Balaban J connectivity index is 1.38. The third kappa shape index (κ3) is 4.52. The SMILES string of the molecule is COc1ccc2c(c1OC)OC1(CCN(C(=O)CCC(=O)c3ccc(C)c(C)c3)CC1)CC2=O. The Kier molecular flexibility index (Phi) is 6.64. The second-order valence-electron chi connectivity index (χ2n) is 9.17. The predicted molar refractivity (Wildman–Crippen MR) is 127 cm³/mol. The molecule has 2 aliphatic heterocycles. The van der Waals surface area contributed by atoms with Crippen LogP contribution in [0.5, 0.6) is 17.2 Å². The van der Waals surface area contributed by atoms with E-state index in [-0.39, 0.29) is 36.7 Å². The molecule has 180 valence electrons. The average molecular weight is 466 g/mol. The van der Waals surface area contributed by atoms with Gasteiger partial charge in [-0.1, -0.05) is 12.1 Å². The van der Waals surface area contributed by atoms with Crippen LogP contribution < -0.4 is 14.2 Å². The average Bonchev–Trinajstić information content (AvgIpc) is 2.83. The maximum Gasteiger partial charge on any atom is 0.223 e. The van der Waals surface area contributed by atoms with E-state index in [1.165, 1.54) is 7.11 Å². The molecule has 2 aliphatic rings. The van der Waals surface area contributed by atoms with Gasteiger partial charge in [0.2, 0.25) is 11.7 Å². The molecule has 7 heteroatoms. The summed E-state index contributed by atoms with van der Waals surface area (Å²) in [6.07, 6.45) is 1.70. The summed E-state index contributed by atoms with van der Waals surface area (Å²) in [4.78, 5) is 40.0. The number of hydrogen-bond acceptors (Lipinski definition) is 6. The van der Waals surface area contributed by atoms with E-state index in [0.717, 1.165) is 11.1 Å². The molecule has 1 spiro atoms. The minimum Gasteiger partial charge on any atom is -0.493 e. The summed E-state index contributed by atoms with van der Waals surface area (Å²) in [5, 5.41) is 0. The molecule has 1 saturated heterocycles. The topological polar surface area (TPSA) is 82.1 Å². The highest BCUT2D eigenvalue weighted by atomic mass is 16.5. The molecule has 0 aliphatic carbocycles. The number of carbonyl (C=O) groups is 3. The van der Waals surface area contributed by atoms with Crippen LogP contribution >= 0.6 is 0 Å². The number of benzene rings is 2. The highest BCUT2D eigenvalue weighted by Gasteiger charge is 2.45. The lowest BCUT2D eigenvalue weighted by Gasteiger charge is -2.44. The van der Waals surface area contributed by atoms with E-state index in [9.17, 15) is 14.4 Å². The first-order valence-corrected chi connectivity index (χ1v) is 11.6. The third-order valence-electron chi connectivity index (χ3n) is 7.02. The Morgan fingerprint density at radius 2 is 1.74 bits per heavy atom. The van der Waals surface area contributed by atoms with Crippen molar-refractivity contribution in [1.82, 2.24) is 4.90 Å². The zero-order valence-corrected chi connectivity index (χ0v) is 20.2. The molecule has 1 fully saturated rings. The first-order valence-electron chi connectivity index (χ1n) is 11.6. The highest BCUT2D eigenvalue weighted by molar-refractivity contribution is 6.01. The summed E-state index contributed by atoms with van der Waals surface area (Å²) >= 11 is 0. The zero-order chi connectivity index (χ0) is 24.5. The van der Waals surface area contributed by atoms with E-state index in [2.05, 4.69) is 0 Å². The fourth-order valence-corrected chi connectivity index (χ4v) is 4.74. The molecule has 0 N–H and O–H groups in total. The van der Waals surface area contributed by atoms with Crippen LogP contribution in [0.15, 0.2) is 30.3 Å². The van der Waals surface area contributed by atoms with Crippen molar-refractivity contribution in [1.29, 1.82) is 0 Å². The second-order valence-corrected chi connectivity index (χ2v) is 9.17. The molecule has 0 saturated carbocycles. The van der Waals surface area contributed by atoms with Crippen molar-refractivity contribution < 1.29 is 28.6 Å². The predicted octanol–water partition coefficient (Wildman–Crippen LogP) is 4.31. The molecule has 2 aromatic carbocycles. The molecule has 34 heavy (non-hydrogen) atoms. The molecule has 7 nitrogen and oxygen atoms in total. The smallest absolute Gasteiger partial charge is 0.223 e. The standard InChI is InChI=1S/C27H31NO6/c1-17-5-6-19(15-18(17)2)21(29)8-10-24(31)28-13-11-27(12-14-28)16-22(30)20-7-9-23(32-3)26(33-4)25(20)34-27/h5-7,9,15H,8,10-14,16H2,1-4H3. The van der Waals surface area contributed by atoms with Gasteiger partial charge in [-0.2, -0.15) is 0 Å². The Hall–Kier alpha value is -3.35. The fraction of sp³-hybridized carbons (Fsp3) is 0.444. The molecule has 2 aromatic rings. The lowest BCUT2D eigenvalue weighted by atomic mass is 9.82. The zero-order valence-electron chi connectivity index (χ0n) is 20.2. The quantitative estimate of drug-likeness (QED) is 0.592. The van der Waals surface area contributed by atoms with Crippen LogP contribution in [-0.4, -0.2) is 55.3 Å². The first kappa shape index (κ1) is 23.8. The van der Waals surface area contributed by atoms with E-state index in [4.69, 9.17) is 14.2 Å². The maximum absolute atomic E-state index is 12.9. The molecule has 0 bridgehead atoms. The van der Waals surface area contributed by atoms with Gasteiger partial charge in [0, 0.05) is 44.3 Å². The summed E-state index contributed by atoms with van der Waals surface area (Å²) < 4.78 is 17.2.